The Morgan fingerprint density at radius 2 is 1.54 bits per heavy atom. The van der Waals surface area contributed by atoms with Gasteiger partial charge in [0.1, 0.15) is 0 Å². The van der Waals surface area contributed by atoms with E-state index in [1.165, 1.54) is 19.3 Å². The topological polar surface area (TPSA) is 94.2 Å². The van der Waals surface area contributed by atoms with Gasteiger partial charge in [0.2, 0.25) is 0 Å². The normalized spacial score (nSPS) is 18.5. The van der Waals surface area contributed by atoms with Gasteiger partial charge in [0.15, 0.2) is 0 Å². The second-order valence-electron chi connectivity index (χ2n) is 10.3. The predicted octanol–water partition coefficient (Wildman–Crippen LogP) is 4.23. The van der Waals surface area contributed by atoms with E-state index in [4.69, 9.17) is 16.3 Å². The van der Waals surface area contributed by atoms with Crippen LogP contribution in [0.1, 0.15) is 52.8 Å². The summed E-state index contributed by atoms with van der Waals surface area (Å²) in [5.74, 6) is -0.435. The molecule has 3 aliphatic rings. The summed E-state index contributed by atoms with van der Waals surface area (Å²) in [7, 11) is 0. The highest BCUT2D eigenvalue weighted by molar-refractivity contribution is 6.34. The Labute approximate surface area is 234 Å². The third-order valence-electron chi connectivity index (χ3n) is 7.74. The molecule has 3 fully saturated rings. The number of piperazine rings is 1. The van der Waals surface area contributed by atoms with Gasteiger partial charge >= 0.3 is 6.03 Å². The fourth-order valence-electron chi connectivity index (χ4n) is 5.50. The van der Waals surface area contributed by atoms with Crippen molar-refractivity contribution in [1.82, 2.24) is 15.1 Å². The first-order chi connectivity index (χ1) is 19.0. The minimum absolute atomic E-state index is 0.00352. The summed E-state index contributed by atoms with van der Waals surface area (Å²) in [5.41, 5.74) is 2.21. The van der Waals surface area contributed by atoms with E-state index >= 15 is 0 Å². The number of hydrogen-bond acceptors (Lipinski definition) is 5. The Morgan fingerprint density at radius 1 is 0.821 bits per heavy atom. The van der Waals surface area contributed by atoms with E-state index in [2.05, 4.69) is 15.5 Å². The molecular weight excluding hydrogens is 518 g/mol. The molecule has 0 radical (unpaired) electrons. The smallest absolute Gasteiger partial charge is 0.317 e. The van der Waals surface area contributed by atoms with Gasteiger partial charge in [-0.2, -0.15) is 0 Å². The van der Waals surface area contributed by atoms with Crippen LogP contribution in [-0.4, -0.2) is 86.2 Å². The quantitative estimate of drug-likeness (QED) is 0.578. The molecule has 9 nitrogen and oxygen atoms in total. The number of halogens is 1. The van der Waals surface area contributed by atoms with E-state index in [0.717, 1.165) is 18.5 Å². The van der Waals surface area contributed by atoms with Crippen LogP contribution < -0.4 is 15.5 Å². The molecule has 4 amide bonds. The maximum absolute atomic E-state index is 13.7. The van der Waals surface area contributed by atoms with E-state index in [1.807, 2.05) is 17.0 Å². The van der Waals surface area contributed by atoms with Gasteiger partial charge in [-0.05, 0) is 43.2 Å². The molecule has 208 valence electrons. The van der Waals surface area contributed by atoms with E-state index < -0.39 is 0 Å². The Morgan fingerprint density at radius 3 is 2.26 bits per heavy atom. The lowest BCUT2D eigenvalue weighted by atomic mass is 9.96. The molecule has 2 aromatic carbocycles. The first-order valence-corrected chi connectivity index (χ1v) is 14.2. The van der Waals surface area contributed by atoms with Gasteiger partial charge in [0.25, 0.3) is 11.8 Å². The highest BCUT2D eigenvalue weighted by Crippen LogP contribution is 2.28. The van der Waals surface area contributed by atoms with Crippen molar-refractivity contribution in [3.05, 3.63) is 58.6 Å². The summed E-state index contributed by atoms with van der Waals surface area (Å²) in [4.78, 5) is 45.2. The summed E-state index contributed by atoms with van der Waals surface area (Å²) in [6.07, 6.45) is 5.70. The SMILES string of the molecule is O=C(Nc1ccc(N2CCN(C(=O)NC3CCCCC3)CC2)c(C(=O)N2CCOCC2)c1)c1ccccc1Cl. The minimum atomic E-state index is -0.337. The lowest BCUT2D eigenvalue weighted by Gasteiger charge is -2.38. The Bertz CT molecular complexity index is 1190. The van der Waals surface area contributed by atoms with Gasteiger partial charge in [-0.15, -0.1) is 0 Å². The molecule has 5 rings (SSSR count). The molecule has 2 N–H and O–H groups in total. The van der Waals surface area contributed by atoms with Gasteiger partial charge < -0.3 is 30.1 Å². The molecule has 2 aromatic rings. The maximum Gasteiger partial charge on any atom is 0.317 e. The number of rotatable bonds is 5. The number of nitrogens with zero attached hydrogens (tertiary/aromatic N) is 3. The van der Waals surface area contributed by atoms with E-state index in [0.29, 0.717) is 74.3 Å². The van der Waals surface area contributed by atoms with Crippen LogP contribution in [0.4, 0.5) is 16.2 Å². The second-order valence-corrected chi connectivity index (χ2v) is 10.7. The van der Waals surface area contributed by atoms with Gasteiger partial charge in [-0.25, -0.2) is 4.79 Å². The number of amides is 4. The standard InChI is InChI=1S/C29H36ClN5O4/c30-25-9-5-4-8-23(25)27(36)31-22-10-11-26(24(20-22)28(37)34-16-18-39-19-17-34)33-12-14-35(15-13-33)29(38)32-21-6-2-1-3-7-21/h4-5,8-11,20-21H,1-3,6-7,12-19H2,(H,31,36)(H,32,38). The average Bonchev–Trinajstić information content (AvgIpc) is 2.98. The molecule has 0 spiro atoms. The summed E-state index contributed by atoms with van der Waals surface area (Å²) in [6, 6.07) is 12.6. The van der Waals surface area contributed by atoms with Crippen LogP contribution in [0.2, 0.25) is 5.02 Å². The Kier molecular flexibility index (Phi) is 8.88. The Hall–Kier alpha value is -3.30. The number of hydrogen-bond donors (Lipinski definition) is 2. The third-order valence-corrected chi connectivity index (χ3v) is 8.07. The number of morpholine rings is 1. The summed E-state index contributed by atoms with van der Waals surface area (Å²) in [5, 5.41) is 6.46. The fraction of sp³-hybridized carbons (Fsp3) is 0.483. The van der Waals surface area contributed by atoms with Crippen molar-refractivity contribution < 1.29 is 19.1 Å². The number of anilines is 2. The van der Waals surface area contributed by atoms with Crippen LogP contribution in [-0.2, 0) is 4.74 Å². The number of carbonyl (C=O) groups is 3. The van der Waals surface area contributed by atoms with Gasteiger partial charge in [0.05, 0.1) is 29.4 Å². The number of benzene rings is 2. The van der Waals surface area contributed by atoms with Crippen LogP contribution in [0, 0.1) is 0 Å². The van der Waals surface area contributed by atoms with Gasteiger partial charge in [0, 0.05) is 56.7 Å². The zero-order chi connectivity index (χ0) is 27.2. The van der Waals surface area contributed by atoms with Crippen LogP contribution in [0.25, 0.3) is 0 Å². The largest absolute Gasteiger partial charge is 0.378 e. The summed E-state index contributed by atoms with van der Waals surface area (Å²) >= 11 is 6.21. The van der Waals surface area contributed by atoms with E-state index in [-0.39, 0.29) is 23.9 Å². The maximum atomic E-state index is 13.7. The molecule has 0 atom stereocenters. The zero-order valence-electron chi connectivity index (χ0n) is 22.2. The molecule has 1 saturated carbocycles. The van der Waals surface area contributed by atoms with Crippen LogP contribution in [0.3, 0.4) is 0 Å². The highest BCUT2D eigenvalue weighted by Gasteiger charge is 2.28. The van der Waals surface area contributed by atoms with Crippen molar-refractivity contribution in [3.8, 4) is 0 Å². The summed E-state index contributed by atoms with van der Waals surface area (Å²) < 4.78 is 5.44. The number of ether oxygens (including phenoxy) is 1. The fourth-order valence-corrected chi connectivity index (χ4v) is 5.73. The average molecular weight is 554 g/mol. The lowest BCUT2D eigenvalue weighted by Crippen LogP contribution is -2.54. The zero-order valence-corrected chi connectivity index (χ0v) is 22.9. The van der Waals surface area contributed by atoms with Crippen molar-refractivity contribution in [2.24, 2.45) is 0 Å². The molecular formula is C29H36ClN5O4. The van der Waals surface area contributed by atoms with Crippen molar-refractivity contribution >= 4 is 40.8 Å². The summed E-state index contributed by atoms with van der Waals surface area (Å²) in [6.45, 7) is 4.42. The molecule has 0 bridgehead atoms. The third kappa shape index (κ3) is 6.65. The number of nitrogens with one attached hydrogen (secondary N) is 2. The van der Waals surface area contributed by atoms with E-state index in [1.54, 1.807) is 35.2 Å². The van der Waals surface area contributed by atoms with E-state index in [9.17, 15) is 14.4 Å². The van der Waals surface area contributed by atoms with Gasteiger partial charge in [-0.1, -0.05) is 43.0 Å². The molecule has 0 unspecified atom stereocenters. The van der Waals surface area contributed by atoms with Crippen LogP contribution in [0.15, 0.2) is 42.5 Å². The van der Waals surface area contributed by atoms with Crippen molar-refractivity contribution in [2.75, 3.05) is 62.7 Å². The van der Waals surface area contributed by atoms with Crippen LogP contribution in [0.5, 0.6) is 0 Å². The molecule has 2 aliphatic heterocycles. The molecule has 2 heterocycles. The lowest BCUT2D eigenvalue weighted by molar-refractivity contribution is 0.0303. The predicted molar refractivity (Wildman–Crippen MR) is 152 cm³/mol. The van der Waals surface area contributed by atoms with Gasteiger partial charge in [-0.3, -0.25) is 9.59 Å². The first-order valence-electron chi connectivity index (χ1n) is 13.9. The molecule has 1 aliphatic carbocycles. The molecule has 0 aromatic heterocycles. The molecule has 2 saturated heterocycles. The van der Waals surface area contributed by atoms with Crippen molar-refractivity contribution in [2.45, 2.75) is 38.1 Å². The second kappa shape index (κ2) is 12.7. The van der Waals surface area contributed by atoms with Crippen molar-refractivity contribution in [1.29, 1.82) is 0 Å². The van der Waals surface area contributed by atoms with Crippen molar-refractivity contribution in [3.63, 3.8) is 0 Å². The number of urea groups is 1. The highest BCUT2D eigenvalue weighted by atomic mass is 35.5. The monoisotopic (exact) mass is 553 g/mol. The molecule has 10 heteroatoms. The van der Waals surface area contributed by atoms with Crippen LogP contribution >= 0.6 is 11.6 Å². The minimum Gasteiger partial charge on any atom is -0.378 e. The number of carbonyl (C=O) groups excluding carboxylic acids is 3. The Balaban J connectivity index is 1.31. The first kappa shape index (κ1) is 27.3. The molecule has 39 heavy (non-hydrogen) atoms.